The molecule has 0 N–H and O–H groups in total. The molecule has 74 valence electrons. The number of amides is 1. The zero-order valence-corrected chi connectivity index (χ0v) is 9.62. The summed E-state index contributed by atoms with van der Waals surface area (Å²) in [6.45, 7) is 2.75. The van der Waals surface area contributed by atoms with Gasteiger partial charge in [-0.2, -0.15) is 0 Å². The van der Waals surface area contributed by atoms with E-state index in [9.17, 15) is 4.79 Å². The van der Waals surface area contributed by atoms with Crippen LogP contribution in [-0.4, -0.2) is 22.3 Å². The summed E-state index contributed by atoms with van der Waals surface area (Å²) in [6.07, 6.45) is 0.899. The molecule has 1 aliphatic rings. The fourth-order valence-electron chi connectivity index (χ4n) is 1.82. The highest BCUT2D eigenvalue weighted by Crippen LogP contribution is 2.25. The highest BCUT2D eigenvalue weighted by molar-refractivity contribution is 9.09. The second-order valence-electron chi connectivity index (χ2n) is 3.39. The van der Waals surface area contributed by atoms with Crippen LogP contribution in [0.3, 0.4) is 0 Å². The Labute approximate surface area is 92.0 Å². The van der Waals surface area contributed by atoms with Crippen LogP contribution in [0.2, 0.25) is 0 Å². The number of hydrogen-bond donors (Lipinski definition) is 0. The zero-order chi connectivity index (χ0) is 10.1. The fourth-order valence-corrected chi connectivity index (χ4v) is 2.65. The van der Waals surface area contributed by atoms with E-state index in [4.69, 9.17) is 0 Å². The maximum absolute atomic E-state index is 12.0. The summed E-state index contributed by atoms with van der Waals surface area (Å²) in [5.74, 6) is 0.135. The van der Waals surface area contributed by atoms with Gasteiger partial charge in [0.05, 0.1) is 4.95 Å². The molecule has 0 aromatic heterocycles. The third-order valence-electron chi connectivity index (χ3n) is 2.58. The molecule has 2 rings (SSSR count). The van der Waals surface area contributed by atoms with Crippen LogP contribution in [0, 0.1) is 0 Å². The fraction of sp³-hybridized carbons (Fsp3) is 0.364. The third-order valence-corrected chi connectivity index (χ3v) is 3.39. The first kappa shape index (κ1) is 9.71. The maximum Gasteiger partial charge on any atom is 0.255 e. The lowest BCUT2D eigenvalue weighted by Crippen LogP contribution is -2.42. The zero-order valence-electron chi connectivity index (χ0n) is 8.03. The van der Waals surface area contributed by atoms with E-state index in [2.05, 4.69) is 15.9 Å². The van der Waals surface area contributed by atoms with Gasteiger partial charge in [-0.05, 0) is 18.6 Å². The lowest BCUT2D eigenvalue weighted by molar-refractivity contribution is 0.0732. The Kier molecular flexibility index (Phi) is 2.59. The quantitative estimate of drug-likeness (QED) is 0.556. The van der Waals surface area contributed by atoms with Crippen LogP contribution in [0.15, 0.2) is 24.3 Å². The number of fused-ring (bicyclic) bond motifs is 1. The predicted molar refractivity (Wildman–Crippen MR) is 59.6 cm³/mol. The summed E-state index contributed by atoms with van der Waals surface area (Å²) in [6, 6.07) is 7.82. The summed E-state index contributed by atoms with van der Waals surface area (Å²) >= 11 is 3.53. The van der Waals surface area contributed by atoms with Crippen LogP contribution >= 0.6 is 15.9 Å². The second kappa shape index (κ2) is 3.73. The molecule has 1 heterocycles. The Morgan fingerprint density at radius 2 is 2.21 bits per heavy atom. The summed E-state index contributed by atoms with van der Waals surface area (Å²) in [4.78, 5) is 14.0. The molecule has 1 aromatic carbocycles. The van der Waals surface area contributed by atoms with Crippen LogP contribution in [0.5, 0.6) is 0 Å². The van der Waals surface area contributed by atoms with Gasteiger partial charge >= 0.3 is 0 Å². The number of carbonyl (C=O) groups is 1. The third kappa shape index (κ3) is 1.46. The van der Waals surface area contributed by atoms with E-state index in [-0.39, 0.29) is 10.9 Å². The average Bonchev–Trinajstić information content (AvgIpc) is 2.18. The number of nitrogens with zero attached hydrogens (tertiary/aromatic N) is 1. The number of rotatable bonds is 1. The van der Waals surface area contributed by atoms with Crippen molar-refractivity contribution in [1.29, 1.82) is 0 Å². The van der Waals surface area contributed by atoms with Gasteiger partial charge < -0.3 is 4.90 Å². The number of benzene rings is 1. The summed E-state index contributed by atoms with van der Waals surface area (Å²) in [7, 11) is 0. The van der Waals surface area contributed by atoms with Crippen molar-refractivity contribution in [2.45, 2.75) is 18.3 Å². The van der Waals surface area contributed by atoms with Gasteiger partial charge in [-0.25, -0.2) is 0 Å². The second-order valence-corrected chi connectivity index (χ2v) is 4.44. The topological polar surface area (TPSA) is 20.3 Å². The molecule has 0 radical (unpaired) electrons. The molecule has 0 saturated carbocycles. The smallest absolute Gasteiger partial charge is 0.255 e. The summed E-state index contributed by atoms with van der Waals surface area (Å²) in [5.41, 5.74) is 1.99. The molecule has 0 saturated heterocycles. The van der Waals surface area contributed by atoms with Crippen molar-refractivity contribution in [1.82, 2.24) is 4.90 Å². The van der Waals surface area contributed by atoms with Crippen molar-refractivity contribution >= 4 is 21.8 Å². The molecule has 1 unspecified atom stereocenters. The van der Waals surface area contributed by atoms with Crippen LogP contribution < -0.4 is 0 Å². The molecule has 2 nitrogen and oxygen atoms in total. The largest absolute Gasteiger partial charge is 0.326 e. The molecule has 1 aromatic rings. The minimum Gasteiger partial charge on any atom is -0.326 e. The minimum absolute atomic E-state index is 0.135. The predicted octanol–water partition coefficient (Wildman–Crippen LogP) is 2.43. The van der Waals surface area contributed by atoms with Crippen LogP contribution in [0.1, 0.15) is 22.8 Å². The van der Waals surface area contributed by atoms with Crippen LogP contribution in [0.25, 0.3) is 0 Å². The van der Waals surface area contributed by atoms with Crippen molar-refractivity contribution < 1.29 is 4.79 Å². The Balaban J connectivity index is 2.43. The first-order valence-corrected chi connectivity index (χ1v) is 5.68. The maximum atomic E-state index is 12.0. The van der Waals surface area contributed by atoms with Crippen molar-refractivity contribution in [3.8, 4) is 0 Å². The Bertz CT molecular complexity index is 364. The van der Waals surface area contributed by atoms with E-state index < -0.39 is 0 Å². The lowest BCUT2D eigenvalue weighted by atomic mass is 9.99. The molecule has 0 spiro atoms. The number of likely N-dealkylation sites (N-methyl/N-ethyl adjacent to an activating group) is 1. The monoisotopic (exact) mass is 253 g/mol. The van der Waals surface area contributed by atoms with Gasteiger partial charge in [0.1, 0.15) is 0 Å². The van der Waals surface area contributed by atoms with Gasteiger partial charge in [0.25, 0.3) is 5.91 Å². The van der Waals surface area contributed by atoms with Crippen LogP contribution in [0.4, 0.5) is 0 Å². The molecule has 0 bridgehead atoms. The Morgan fingerprint density at radius 3 is 2.93 bits per heavy atom. The van der Waals surface area contributed by atoms with E-state index in [1.165, 1.54) is 0 Å². The number of halogens is 1. The first-order chi connectivity index (χ1) is 6.74. The molecule has 3 heteroatoms. The number of alkyl halides is 1. The molecule has 1 aliphatic heterocycles. The van der Waals surface area contributed by atoms with Gasteiger partial charge in [0.2, 0.25) is 0 Å². The Hall–Kier alpha value is -0.830. The van der Waals surface area contributed by atoms with E-state index >= 15 is 0 Å². The van der Waals surface area contributed by atoms with E-state index in [1.807, 2.05) is 36.1 Å². The standard InChI is InChI=1S/C11H12BrNO/c1-2-13-10(12)7-8-5-3-4-6-9(8)11(13)14/h3-6,10H,2,7H2,1H3. The first-order valence-electron chi connectivity index (χ1n) is 4.77. The van der Waals surface area contributed by atoms with Gasteiger partial charge in [-0.3, -0.25) is 4.79 Å². The average molecular weight is 254 g/mol. The van der Waals surface area contributed by atoms with E-state index in [1.54, 1.807) is 0 Å². The van der Waals surface area contributed by atoms with E-state index in [0.717, 1.165) is 24.1 Å². The Morgan fingerprint density at radius 1 is 1.50 bits per heavy atom. The number of carbonyl (C=O) groups excluding carboxylic acids is 1. The van der Waals surface area contributed by atoms with Gasteiger partial charge in [0, 0.05) is 18.5 Å². The lowest BCUT2D eigenvalue weighted by Gasteiger charge is -2.32. The number of hydrogen-bond acceptors (Lipinski definition) is 1. The van der Waals surface area contributed by atoms with Crippen molar-refractivity contribution in [2.24, 2.45) is 0 Å². The van der Waals surface area contributed by atoms with Crippen LogP contribution in [-0.2, 0) is 6.42 Å². The molecule has 1 atom stereocenters. The summed E-state index contributed by atoms with van der Waals surface area (Å²) < 4.78 is 0. The van der Waals surface area contributed by atoms with Gasteiger partial charge in [-0.15, -0.1) is 0 Å². The van der Waals surface area contributed by atoms with Crippen molar-refractivity contribution in [2.75, 3.05) is 6.54 Å². The SMILES string of the molecule is CCN1C(=O)c2ccccc2CC1Br. The molecular formula is C11H12BrNO. The molecule has 14 heavy (non-hydrogen) atoms. The highest BCUT2D eigenvalue weighted by Gasteiger charge is 2.28. The highest BCUT2D eigenvalue weighted by atomic mass is 79.9. The minimum atomic E-state index is 0.135. The molecule has 0 fully saturated rings. The molecule has 0 aliphatic carbocycles. The molecule has 1 amide bonds. The van der Waals surface area contributed by atoms with Crippen molar-refractivity contribution in [3.05, 3.63) is 35.4 Å². The van der Waals surface area contributed by atoms with Crippen molar-refractivity contribution in [3.63, 3.8) is 0 Å². The van der Waals surface area contributed by atoms with Gasteiger partial charge in [0.15, 0.2) is 0 Å². The van der Waals surface area contributed by atoms with Gasteiger partial charge in [-0.1, -0.05) is 34.1 Å². The normalized spacial score (nSPS) is 20.9. The summed E-state index contributed by atoms with van der Waals surface area (Å²) in [5, 5.41) is 0. The molecular weight excluding hydrogens is 242 g/mol. The van der Waals surface area contributed by atoms with E-state index in [0.29, 0.717) is 0 Å².